The molecule has 1 N–H and O–H groups in total. The van der Waals surface area contributed by atoms with E-state index in [-0.39, 0.29) is 12.7 Å². The molecule has 1 unspecified atom stereocenters. The average Bonchev–Trinajstić information content (AvgIpc) is 2.29. The molecule has 0 amide bonds. The molecular formula is C12H18O3. The van der Waals surface area contributed by atoms with Crippen LogP contribution in [0.15, 0.2) is 18.2 Å². The molecule has 0 saturated heterocycles. The first-order valence-electron chi connectivity index (χ1n) is 5.15. The van der Waals surface area contributed by atoms with E-state index in [1.54, 1.807) is 13.2 Å². The summed E-state index contributed by atoms with van der Waals surface area (Å²) < 4.78 is 10.9. The normalized spacial score (nSPS) is 12.3. The van der Waals surface area contributed by atoms with E-state index in [0.29, 0.717) is 5.75 Å². The van der Waals surface area contributed by atoms with Crippen LogP contribution in [-0.2, 0) is 6.61 Å². The Labute approximate surface area is 90.6 Å². The summed E-state index contributed by atoms with van der Waals surface area (Å²) >= 11 is 0. The van der Waals surface area contributed by atoms with Gasteiger partial charge in [0.15, 0.2) is 11.5 Å². The molecule has 0 bridgehead atoms. The third-order valence-electron chi connectivity index (χ3n) is 2.31. The second-order valence-corrected chi connectivity index (χ2v) is 3.48. The summed E-state index contributed by atoms with van der Waals surface area (Å²) in [6, 6.07) is 5.45. The van der Waals surface area contributed by atoms with E-state index in [2.05, 4.69) is 6.92 Å². The molecule has 0 aliphatic heterocycles. The van der Waals surface area contributed by atoms with Gasteiger partial charge in [-0.25, -0.2) is 0 Å². The highest BCUT2D eigenvalue weighted by atomic mass is 16.5. The average molecular weight is 210 g/mol. The molecule has 0 saturated carbocycles. The van der Waals surface area contributed by atoms with E-state index in [9.17, 15) is 0 Å². The standard InChI is InChI=1S/C12H18O3/c1-4-9(2)15-11-6-5-10(8-13)7-12(11)14-3/h5-7,9,13H,4,8H2,1-3H3. The molecule has 0 aliphatic carbocycles. The van der Waals surface area contributed by atoms with Crippen LogP contribution in [0.3, 0.4) is 0 Å². The Balaban J connectivity index is 2.87. The predicted molar refractivity (Wildman–Crippen MR) is 59.3 cm³/mol. The molecule has 1 aromatic rings. The molecule has 0 aromatic heterocycles. The van der Waals surface area contributed by atoms with E-state index in [4.69, 9.17) is 14.6 Å². The van der Waals surface area contributed by atoms with Crippen LogP contribution in [0.25, 0.3) is 0 Å². The third kappa shape index (κ3) is 3.13. The first kappa shape index (κ1) is 11.9. The minimum Gasteiger partial charge on any atom is -0.493 e. The molecule has 84 valence electrons. The van der Waals surface area contributed by atoms with Crippen LogP contribution in [0.1, 0.15) is 25.8 Å². The van der Waals surface area contributed by atoms with Crippen molar-refractivity contribution in [3.05, 3.63) is 23.8 Å². The molecule has 0 radical (unpaired) electrons. The summed E-state index contributed by atoms with van der Waals surface area (Å²) in [5, 5.41) is 8.98. The van der Waals surface area contributed by atoms with Crippen LogP contribution in [0.4, 0.5) is 0 Å². The van der Waals surface area contributed by atoms with Crippen LogP contribution in [0, 0.1) is 0 Å². The molecule has 1 atom stereocenters. The van der Waals surface area contributed by atoms with Crippen molar-refractivity contribution in [1.82, 2.24) is 0 Å². The molecule has 0 spiro atoms. The minimum atomic E-state index is 0.0139. The maximum atomic E-state index is 8.98. The van der Waals surface area contributed by atoms with E-state index in [1.807, 2.05) is 19.1 Å². The number of hydrogen-bond acceptors (Lipinski definition) is 3. The Morgan fingerprint density at radius 1 is 1.33 bits per heavy atom. The zero-order valence-corrected chi connectivity index (χ0v) is 9.49. The molecule has 0 fully saturated rings. The number of hydrogen-bond donors (Lipinski definition) is 1. The predicted octanol–water partition coefficient (Wildman–Crippen LogP) is 2.36. The van der Waals surface area contributed by atoms with Crippen molar-refractivity contribution in [1.29, 1.82) is 0 Å². The number of aliphatic hydroxyl groups is 1. The van der Waals surface area contributed by atoms with Gasteiger partial charge in [0.1, 0.15) is 0 Å². The lowest BCUT2D eigenvalue weighted by Gasteiger charge is -2.15. The summed E-state index contributed by atoms with van der Waals surface area (Å²) in [6.45, 7) is 4.10. The van der Waals surface area contributed by atoms with Gasteiger partial charge in [-0.3, -0.25) is 0 Å². The van der Waals surface area contributed by atoms with Gasteiger partial charge in [0.25, 0.3) is 0 Å². The van der Waals surface area contributed by atoms with Gasteiger partial charge in [-0.1, -0.05) is 13.0 Å². The summed E-state index contributed by atoms with van der Waals surface area (Å²) in [4.78, 5) is 0. The molecule has 1 aromatic carbocycles. The Hall–Kier alpha value is -1.22. The Morgan fingerprint density at radius 3 is 2.60 bits per heavy atom. The number of methoxy groups -OCH3 is 1. The maximum absolute atomic E-state index is 8.98. The number of benzene rings is 1. The monoisotopic (exact) mass is 210 g/mol. The lowest BCUT2D eigenvalue weighted by Crippen LogP contribution is -2.10. The fourth-order valence-corrected chi connectivity index (χ4v) is 1.21. The van der Waals surface area contributed by atoms with Crippen molar-refractivity contribution in [3.8, 4) is 11.5 Å². The van der Waals surface area contributed by atoms with Crippen molar-refractivity contribution in [2.24, 2.45) is 0 Å². The smallest absolute Gasteiger partial charge is 0.161 e. The molecule has 0 aliphatic rings. The van der Waals surface area contributed by atoms with Crippen LogP contribution >= 0.6 is 0 Å². The topological polar surface area (TPSA) is 38.7 Å². The number of rotatable bonds is 5. The molecule has 3 nitrogen and oxygen atoms in total. The fourth-order valence-electron chi connectivity index (χ4n) is 1.21. The van der Waals surface area contributed by atoms with Crippen molar-refractivity contribution >= 4 is 0 Å². The SMILES string of the molecule is CCC(C)Oc1ccc(CO)cc1OC. The summed E-state index contributed by atoms with van der Waals surface area (Å²) in [5.41, 5.74) is 0.823. The summed E-state index contributed by atoms with van der Waals surface area (Å²) in [7, 11) is 1.60. The first-order valence-corrected chi connectivity index (χ1v) is 5.15. The van der Waals surface area contributed by atoms with Crippen molar-refractivity contribution in [2.75, 3.05) is 7.11 Å². The van der Waals surface area contributed by atoms with Gasteiger partial charge in [-0.15, -0.1) is 0 Å². The molecule has 15 heavy (non-hydrogen) atoms. The zero-order chi connectivity index (χ0) is 11.3. The van der Waals surface area contributed by atoms with Gasteiger partial charge >= 0.3 is 0 Å². The van der Waals surface area contributed by atoms with E-state index < -0.39 is 0 Å². The van der Waals surface area contributed by atoms with Crippen molar-refractivity contribution in [2.45, 2.75) is 33.0 Å². The second-order valence-electron chi connectivity index (χ2n) is 3.48. The van der Waals surface area contributed by atoms with Crippen LogP contribution in [0.2, 0.25) is 0 Å². The molecule has 1 rings (SSSR count). The highest BCUT2D eigenvalue weighted by molar-refractivity contribution is 5.42. The van der Waals surface area contributed by atoms with Gasteiger partial charge in [0, 0.05) is 0 Å². The fraction of sp³-hybridized carbons (Fsp3) is 0.500. The minimum absolute atomic E-state index is 0.0139. The molecule has 0 heterocycles. The highest BCUT2D eigenvalue weighted by Crippen LogP contribution is 2.29. The first-order chi connectivity index (χ1) is 7.21. The van der Waals surface area contributed by atoms with Gasteiger partial charge in [-0.05, 0) is 31.0 Å². The quantitative estimate of drug-likeness (QED) is 0.810. The highest BCUT2D eigenvalue weighted by Gasteiger charge is 2.08. The second kappa shape index (κ2) is 5.61. The Morgan fingerprint density at radius 2 is 2.07 bits per heavy atom. The van der Waals surface area contributed by atoms with Crippen LogP contribution in [-0.4, -0.2) is 18.3 Å². The zero-order valence-electron chi connectivity index (χ0n) is 9.49. The summed E-state index contributed by atoms with van der Waals surface area (Å²) in [6.07, 6.45) is 1.11. The third-order valence-corrected chi connectivity index (χ3v) is 2.31. The lowest BCUT2D eigenvalue weighted by molar-refractivity contribution is 0.207. The number of ether oxygens (including phenoxy) is 2. The van der Waals surface area contributed by atoms with E-state index in [0.717, 1.165) is 17.7 Å². The van der Waals surface area contributed by atoms with Gasteiger partial charge < -0.3 is 14.6 Å². The van der Waals surface area contributed by atoms with Crippen molar-refractivity contribution < 1.29 is 14.6 Å². The van der Waals surface area contributed by atoms with Crippen molar-refractivity contribution in [3.63, 3.8) is 0 Å². The van der Waals surface area contributed by atoms with Crippen LogP contribution in [0.5, 0.6) is 11.5 Å². The van der Waals surface area contributed by atoms with E-state index >= 15 is 0 Å². The van der Waals surface area contributed by atoms with E-state index in [1.165, 1.54) is 0 Å². The maximum Gasteiger partial charge on any atom is 0.161 e. The Bertz CT molecular complexity index is 310. The largest absolute Gasteiger partial charge is 0.493 e. The lowest BCUT2D eigenvalue weighted by atomic mass is 10.2. The molecular weight excluding hydrogens is 192 g/mol. The molecule has 3 heteroatoms. The van der Waals surface area contributed by atoms with Gasteiger partial charge in [-0.2, -0.15) is 0 Å². The van der Waals surface area contributed by atoms with Gasteiger partial charge in [0.2, 0.25) is 0 Å². The van der Waals surface area contributed by atoms with Gasteiger partial charge in [0.05, 0.1) is 19.8 Å². The number of aliphatic hydroxyl groups excluding tert-OH is 1. The summed E-state index contributed by atoms with van der Waals surface area (Å²) in [5.74, 6) is 1.39. The van der Waals surface area contributed by atoms with Crippen LogP contribution < -0.4 is 9.47 Å². The Kier molecular flexibility index (Phi) is 4.43.